The number of piperidine rings is 1. The van der Waals surface area contributed by atoms with Gasteiger partial charge in [0, 0.05) is 18.8 Å². The second kappa shape index (κ2) is 8.27. The molecule has 0 atom stereocenters. The Morgan fingerprint density at radius 2 is 2.08 bits per heavy atom. The molecule has 1 aromatic heterocycles. The minimum absolute atomic E-state index is 0.128. The van der Waals surface area contributed by atoms with E-state index < -0.39 is 0 Å². The first-order valence-electron chi connectivity index (χ1n) is 9.01. The number of halogens is 1. The van der Waals surface area contributed by atoms with Crippen LogP contribution in [-0.2, 0) is 6.42 Å². The standard InChI is InChI=1S/C20H24FN3O2/c1-14-8-12-24(17-6-9-22-10-7-17)20(26)18(14)19(25)23-11-5-15-3-2-4-16(21)13-15/h2-4,8,12-13,17,22H,5-7,9-11H2,1H3,(H,23,25). The van der Waals surface area contributed by atoms with Crippen molar-refractivity contribution in [1.82, 2.24) is 15.2 Å². The number of aryl methyl sites for hydroxylation is 1. The van der Waals surface area contributed by atoms with Crippen molar-refractivity contribution in [2.45, 2.75) is 32.2 Å². The first kappa shape index (κ1) is 18.3. The Kier molecular flexibility index (Phi) is 5.83. The summed E-state index contributed by atoms with van der Waals surface area (Å²) in [7, 11) is 0. The van der Waals surface area contributed by atoms with Gasteiger partial charge in [-0.15, -0.1) is 0 Å². The second-order valence-electron chi connectivity index (χ2n) is 6.70. The van der Waals surface area contributed by atoms with E-state index in [2.05, 4.69) is 10.6 Å². The topological polar surface area (TPSA) is 63.1 Å². The zero-order valence-corrected chi connectivity index (χ0v) is 14.9. The van der Waals surface area contributed by atoms with Crippen molar-refractivity contribution in [3.63, 3.8) is 0 Å². The van der Waals surface area contributed by atoms with Crippen LogP contribution in [0.1, 0.15) is 40.4 Å². The van der Waals surface area contributed by atoms with Gasteiger partial charge in [0.25, 0.3) is 11.5 Å². The fourth-order valence-electron chi connectivity index (χ4n) is 3.39. The number of benzene rings is 1. The Morgan fingerprint density at radius 3 is 2.81 bits per heavy atom. The van der Waals surface area contributed by atoms with E-state index in [1.165, 1.54) is 12.1 Å². The average molecular weight is 357 g/mol. The van der Waals surface area contributed by atoms with Crippen LogP contribution in [0.25, 0.3) is 0 Å². The van der Waals surface area contributed by atoms with Crippen LogP contribution in [0.5, 0.6) is 0 Å². The molecule has 0 saturated carbocycles. The largest absolute Gasteiger partial charge is 0.352 e. The van der Waals surface area contributed by atoms with Gasteiger partial charge < -0.3 is 15.2 Å². The first-order chi connectivity index (χ1) is 12.6. The summed E-state index contributed by atoms with van der Waals surface area (Å²) in [6, 6.07) is 8.25. The summed E-state index contributed by atoms with van der Waals surface area (Å²) < 4.78 is 14.9. The van der Waals surface area contributed by atoms with Gasteiger partial charge in [0.05, 0.1) is 0 Å². The summed E-state index contributed by atoms with van der Waals surface area (Å²) >= 11 is 0. The number of aromatic nitrogens is 1. The predicted octanol–water partition coefficient (Wildman–Crippen LogP) is 2.19. The molecule has 6 heteroatoms. The highest BCUT2D eigenvalue weighted by molar-refractivity contribution is 5.95. The third kappa shape index (κ3) is 4.19. The molecule has 138 valence electrons. The average Bonchev–Trinajstić information content (AvgIpc) is 2.63. The van der Waals surface area contributed by atoms with Crippen LogP contribution >= 0.6 is 0 Å². The monoisotopic (exact) mass is 357 g/mol. The van der Waals surface area contributed by atoms with Gasteiger partial charge >= 0.3 is 0 Å². The third-order valence-electron chi connectivity index (χ3n) is 4.85. The number of rotatable bonds is 5. The highest BCUT2D eigenvalue weighted by Gasteiger charge is 2.21. The third-order valence-corrected chi connectivity index (χ3v) is 4.85. The highest BCUT2D eigenvalue weighted by atomic mass is 19.1. The predicted molar refractivity (Wildman–Crippen MR) is 99.0 cm³/mol. The van der Waals surface area contributed by atoms with Crippen LogP contribution in [-0.4, -0.2) is 30.1 Å². The fourth-order valence-corrected chi connectivity index (χ4v) is 3.39. The number of hydrogen-bond donors (Lipinski definition) is 2. The van der Waals surface area contributed by atoms with E-state index in [1.807, 2.05) is 12.1 Å². The molecular weight excluding hydrogens is 333 g/mol. The molecule has 0 bridgehead atoms. The van der Waals surface area contributed by atoms with E-state index in [-0.39, 0.29) is 28.9 Å². The van der Waals surface area contributed by atoms with Crippen molar-refractivity contribution in [2.24, 2.45) is 0 Å². The molecule has 3 rings (SSSR count). The molecule has 26 heavy (non-hydrogen) atoms. The smallest absolute Gasteiger partial charge is 0.263 e. The van der Waals surface area contributed by atoms with Crippen molar-refractivity contribution >= 4 is 5.91 Å². The summed E-state index contributed by atoms with van der Waals surface area (Å²) in [5.41, 5.74) is 1.44. The van der Waals surface area contributed by atoms with Crippen LogP contribution in [0.3, 0.4) is 0 Å². The van der Waals surface area contributed by atoms with E-state index in [4.69, 9.17) is 0 Å². The molecule has 1 fully saturated rings. The van der Waals surface area contributed by atoms with Crippen molar-refractivity contribution in [2.75, 3.05) is 19.6 Å². The molecular formula is C20H24FN3O2. The van der Waals surface area contributed by atoms with Crippen LogP contribution < -0.4 is 16.2 Å². The Labute approximate surface area is 152 Å². The Morgan fingerprint density at radius 1 is 1.31 bits per heavy atom. The maximum atomic E-state index is 13.2. The number of carbonyl (C=O) groups excluding carboxylic acids is 1. The molecule has 1 saturated heterocycles. The number of amides is 1. The van der Waals surface area contributed by atoms with Crippen LogP contribution in [0.4, 0.5) is 4.39 Å². The molecule has 2 aromatic rings. The van der Waals surface area contributed by atoms with Crippen molar-refractivity contribution in [1.29, 1.82) is 0 Å². The molecule has 0 spiro atoms. The van der Waals surface area contributed by atoms with Gasteiger partial charge in [-0.2, -0.15) is 0 Å². The number of hydrogen-bond acceptors (Lipinski definition) is 3. The lowest BCUT2D eigenvalue weighted by molar-refractivity contribution is 0.0951. The molecule has 0 radical (unpaired) electrons. The summed E-state index contributed by atoms with van der Waals surface area (Å²) in [6.45, 7) is 3.87. The van der Waals surface area contributed by atoms with Crippen LogP contribution in [0, 0.1) is 12.7 Å². The zero-order valence-electron chi connectivity index (χ0n) is 14.9. The number of nitrogens with one attached hydrogen (secondary N) is 2. The van der Waals surface area contributed by atoms with Gasteiger partial charge in [0.15, 0.2) is 0 Å². The van der Waals surface area contributed by atoms with E-state index in [0.717, 1.165) is 31.5 Å². The Balaban J connectivity index is 1.71. The lowest BCUT2D eigenvalue weighted by Crippen LogP contribution is -2.38. The van der Waals surface area contributed by atoms with E-state index in [1.54, 1.807) is 23.8 Å². The molecule has 1 amide bonds. The molecule has 1 aromatic carbocycles. The second-order valence-corrected chi connectivity index (χ2v) is 6.70. The van der Waals surface area contributed by atoms with Gasteiger partial charge in [-0.05, 0) is 68.6 Å². The molecule has 0 aliphatic carbocycles. The maximum Gasteiger partial charge on any atom is 0.263 e. The van der Waals surface area contributed by atoms with E-state index in [0.29, 0.717) is 18.5 Å². The SMILES string of the molecule is Cc1ccn(C2CCNCC2)c(=O)c1C(=O)NCCc1cccc(F)c1. The molecule has 5 nitrogen and oxygen atoms in total. The number of carbonyl (C=O) groups is 1. The quantitative estimate of drug-likeness (QED) is 0.862. The fraction of sp³-hybridized carbons (Fsp3) is 0.400. The summed E-state index contributed by atoms with van der Waals surface area (Å²) in [6.07, 6.45) is 4.06. The first-order valence-corrected chi connectivity index (χ1v) is 9.01. The summed E-state index contributed by atoms with van der Waals surface area (Å²) in [5.74, 6) is -0.662. The number of pyridine rings is 1. The lowest BCUT2D eigenvalue weighted by Gasteiger charge is -2.25. The molecule has 2 heterocycles. The van der Waals surface area contributed by atoms with Gasteiger partial charge in [0.1, 0.15) is 11.4 Å². The highest BCUT2D eigenvalue weighted by Crippen LogP contribution is 2.17. The minimum Gasteiger partial charge on any atom is -0.352 e. The van der Waals surface area contributed by atoms with Gasteiger partial charge in [0.2, 0.25) is 0 Å². The molecule has 2 N–H and O–H groups in total. The minimum atomic E-state index is -0.368. The van der Waals surface area contributed by atoms with E-state index in [9.17, 15) is 14.0 Å². The summed E-state index contributed by atoms with van der Waals surface area (Å²) in [5, 5.41) is 6.07. The Bertz CT molecular complexity index is 841. The van der Waals surface area contributed by atoms with Gasteiger partial charge in [-0.3, -0.25) is 9.59 Å². The van der Waals surface area contributed by atoms with Crippen LogP contribution in [0.2, 0.25) is 0 Å². The van der Waals surface area contributed by atoms with Gasteiger partial charge in [-0.1, -0.05) is 12.1 Å². The zero-order chi connectivity index (χ0) is 18.5. The maximum absolute atomic E-state index is 13.2. The molecule has 0 unspecified atom stereocenters. The number of nitrogens with zero attached hydrogens (tertiary/aromatic N) is 1. The van der Waals surface area contributed by atoms with Crippen molar-refractivity contribution in [3.05, 3.63) is 69.4 Å². The molecule has 1 aliphatic heterocycles. The van der Waals surface area contributed by atoms with Crippen molar-refractivity contribution in [3.8, 4) is 0 Å². The Hall–Kier alpha value is -2.47. The van der Waals surface area contributed by atoms with E-state index >= 15 is 0 Å². The van der Waals surface area contributed by atoms with Crippen molar-refractivity contribution < 1.29 is 9.18 Å². The summed E-state index contributed by atoms with van der Waals surface area (Å²) in [4.78, 5) is 25.4. The molecule has 1 aliphatic rings. The lowest BCUT2D eigenvalue weighted by atomic mass is 10.0. The normalized spacial score (nSPS) is 15.0. The van der Waals surface area contributed by atoms with Gasteiger partial charge in [-0.25, -0.2) is 4.39 Å². The van der Waals surface area contributed by atoms with Crippen LogP contribution in [0.15, 0.2) is 41.3 Å².